The van der Waals surface area contributed by atoms with Crippen LogP contribution in [0.5, 0.6) is 0 Å². The maximum atomic E-state index is 11.7. The van der Waals surface area contributed by atoms with Crippen molar-refractivity contribution in [1.82, 2.24) is 4.90 Å². The number of rotatable bonds is 7. The zero-order chi connectivity index (χ0) is 14.0. The lowest BCUT2D eigenvalue weighted by Gasteiger charge is -2.20. The molecule has 0 rings (SSSR count). The van der Waals surface area contributed by atoms with Gasteiger partial charge in [-0.1, -0.05) is 6.08 Å². The Morgan fingerprint density at radius 3 is 2.67 bits per heavy atom. The van der Waals surface area contributed by atoms with Crippen molar-refractivity contribution < 1.29 is 14.7 Å². The number of carbonyl (C=O) groups is 2. The summed E-state index contributed by atoms with van der Waals surface area (Å²) in [5.74, 6) is -1.03. The maximum Gasteiger partial charge on any atom is 0.247 e. The predicted octanol–water partition coefficient (Wildman–Crippen LogP) is -0.158. The van der Waals surface area contributed by atoms with Crippen LogP contribution in [0.2, 0.25) is 0 Å². The number of nitrogens with zero attached hydrogens (tertiary/aromatic N) is 2. The third kappa shape index (κ3) is 8.23. The Morgan fingerprint density at radius 2 is 2.17 bits per heavy atom. The van der Waals surface area contributed by atoms with Gasteiger partial charge in [-0.05, 0) is 19.9 Å². The van der Waals surface area contributed by atoms with Crippen molar-refractivity contribution in [2.24, 2.45) is 10.7 Å². The van der Waals surface area contributed by atoms with Gasteiger partial charge in [0.1, 0.15) is 0 Å². The number of nitrogens with two attached hydrogens (primary N) is 1. The van der Waals surface area contributed by atoms with Crippen LogP contribution >= 0.6 is 0 Å². The van der Waals surface area contributed by atoms with E-state index in [1.165, 1.54) is 30.2 Å². The fourth-order valence-corrected chi connectivity index (χ4v) is 1.16. The first kappa shape index (κ1) is 16.1. The first-order valence-electron chi connectivity index (χ1n) is 5.53. The quantitative estimate of drug-likeness (QED) is 0.487. The van der Waals surface area contributed by atoms with Gasteiger partial charge in [0.25, 0.3) is 0 Å². The van der Waals surface area contributed by atoms with Crippen LogP contribution in [-0.4, -0.2) is 47.2 Å². The topological polar surface area (TPSA) is 96.0 Å². The van der Waals surface area contributed by atoms with E-state index in [9.17, 15) is 14.7 Å². The highest BCUT2D eigenvalue weighted by molar-refractivity contribution is 5.94. The molecule has 1 atom stereocenters. The molecule has 0 bridgehead atoms. The molecule has 6 heteroatoms. The summed E-state index contributed by atoms with van der Waals surface area (Å²) in [7, 11) is 0. The standard InChI is InChI=1S/C12H19N3O3/c1-3-6-14-7-4-5-12(18)15(8-10(2)16)9-11(13)17/h3-7,10,16H,8-9H2,1-2H3,(H2,13,17)/b5-4+,6-3-,14-7-. The minimum absolute atomic E-state index is 0.0537. The summed E-state index contributed by atoms with van der Waals surface area (Å²) in [5, 5.41) is 9.22. The summed E-state index contributed by atoms with van der Waals surface area (Å²) in [4.78, 5) is 27.5. The second-order valence-electron chi connectivity index (χ2n) is 3.67. The van der Waals surface area contributed by atoms with Gasteiger partial charge in [-0.2, -0.15) is 0 Å². The van der Waals surface area contributed by atoms with Crippen molar-refractivity contribution in [2.75, 3.05) is 13.1 Å². The Hall–Kier alpha value is -1.95. The molecule has 0 aliphatic carbocycles. The van der Waals surface area contributed by atoms with Crippen LogP contribution in [0, 0.1) is 0 Å². The highest BCUT2D eigenvalue weighted by atomic mass is 16.3. The minimum atomic E-state index is -0.724. The molecule has 100 valence electrons. The monoisotopic (exact) mass is 253 g/mol. The third-order valence-electron chi connectivity index (χ3n) is 1.79. The van der Waals surface area contributed by atoms with Crippen molar-refractivity contribution in [3.63, 3.8) is 0 Å². The normalized spacial score (nSPS) is 13.5. The number of primary amides is 1. The summed E-state index contributed by atoms with van der Waals surface area (Å²) in [6.45, 7) is 3.18. The molecule has 1 unspecified atom stereocenters. The molecule has 2 amide bonds. The van der Waals surface area contributed by atoms with Crippen LogP contribution in [0.3, 0.4) is 0 Å². The Labute approximate surface area is 106 Å². The summed E-state index contributed by atoms with van der Waals surface area (Å²) < 4.78 is 0. The lowest BCUT2D eigenvalue weighted by atomic mass is 10.3. The van der Waals surface area contributed by atoms with Crippen molar-refractivity contribution in [3.05, 3.63) is 24.4 Å². The Kier molecular flexibility index (Phi) is 8.13. The first-order chi connectivity index (χ1) is 8.47. The zero-order valence-electron chi connectivity index (χ0n) is 10.6. The molecule has 0 aromatic carbocycles. The van der Waals surface area contributed by atoms with Crippen molar-refractivity contribution in [2.45, 2.75) is 20.0 Å². The lowest BCUT2D eigenvalue weighted by Crippen LogP contribution is -2.41. The molecule has 3 N–H and O–H groups in total. The zero-order valence-corrected chi connectivity index (χ0v) is 10.6. The summed E-state index contributed by atoms with van der Waals surface area (Å²) in [5.41, 5.74) is 5.03. The highest BCUT2D eigenvalue weighted by Crippen LogP contribution is 1.94. The number of amides is 2. The molecule has 0 aliphatic rings. The van der Waals surface area contributed by atoms with E-state index < -0.39 is 17.9 Å². The van der Waals surface area contributed by atoms with E-state index in [1.807, 2.05) is 6.92 Å². The van der Waals surface area contributed by atoms with Crippen LogP contribution in [0.15, 0.2) is 29.4 Å². The van der Waals surface area contributed by atoms with E-state index in [0.29, 0.717) is 0 Å². The summed E-state index contributed by atoms with van der Waals surface area (Å²) in [6, 6.07) is 0. The van der Waals surface area contributed by atoms with Gasteiger partial charge in [0.15, 0.2) is 0 Å². The average molecular weight is 253 g/mol. The van der Waals surface area contributed by atoms with Gasteiger partial charge in [0.05, 0.1) is 12.6 Å². The molecule has 0 saturated carbocycles. The Balaban J connectivity index is 4.49. The molecule has 0 aromatic heterocycles. The first-order valence-corrected chi connectivity index (χ1v) is 5.53. The maximum absolute atomic E-state index is 11.7. The summed E-state index contributed by atoms with van der Waals surface area (Å²) in [6.07, 6.45) is 6.77. The fourth-order valence-electron chi connectivity index (χ4n) is 1.16. The van der Waals surface area contributed by atoms with E-state index in [-0.39, 0.29) is 13.1 Å². The molecule has 0 aliphatic heterocycles. The van der Waals surface area contributed by atoms with E-state index in [2.05, 4.69) is 4.99 Å². The Morgan fingerprint density at radius 1 is 1.50 bits per heavy atom. The predicted molar refractivity (Wildman–Crippen MR) is 69.9 cm³/mol. The molecule has 0 aromatic rings. The molecule has 0 fully saturated rings. The lowest BCUT2D eigenvalue weighted by molar-refractivity contribution is -0.132. The minimum Gasteiger partial charge on any atom is -0.392 e. The van der Waals surface area contributed by atoms with Gasteiger partial charge in [0, 0.05) is 25.0 Å². The molecule has 0 radical (unpaired) electrons. The molecule has 0 heterocycles. The van der Waals surface area contributed by atoms with Crippen molar-refractivity contribution in [3.8, 4) is 0 Å². The SMILES string of the molecule is C\C=C/N=C\C=C\C(=O)N(CC(N)=O)CC(C)O. The van der Waals surface area contributed by atoms with Crippen LogP contribution < -0.4 is 5.73 Å². The van der Waals surface area contributed by atoms with E-state index in [4.69, 9.17) is 5.73 Å². The van der Waals surface area contributed by atoms with Crippen molar-refractivity contribution >= 4 is 18.0 Å². The summed E-state index contributed by atoms with van der Waals surface area (Å²) >= 11 is 0. The number of hydrogen-bond acceptors (Lipinski definition) is 4. The number of allylic oxidation sites excluding steroid dienone is 2. The van der Waals surface area contributed by atoms with Crippen LogP contribution in [0.25, 0.3) is 0 Å². The largest absolute Gasteiger partial charge is 0.392 e. The van der Waals surface area contributed by atoms with Gasteiger partial charge in [-0.15, -0.1) is 0 Å². The smallest absolute Gasteiger partial charge is 0.247 e. The molecule has 18 heavy (non-hydrogen) atoms. The number of carbonyl (C=O) groups excluding carboxylic acids is 2. The van der Waals surface area contributed by atoms with E-state index in [1.54, 1.807) is 12.3 Å². The number of aliphatic hydroxyl groups is 1. The third-order valence-corrected chi connectivity index (χ3v) is 1.79. The highest BCUT2D eigenvalue weighted by Gasteiger charge is 2.14. The van der Waals surface area contributed by atoms with Gasteiger partial charge >= 0.3 is 0 Å². The molecule has 0 saturated heterocycles. The van der Waals surface area contributed by atoms with Gasteiger partial charge in [-0.25, -0.2) is 0 Å². The molecular formula is C12H19N3O3. The van der Waals surface area contributed by atoms with Gasteiger partial charge in [0.2, 0.25) is 11.8 Å². The van der Waals surface area contributed by atoms with E-state index in [0.717, 1.165) is 0 Å². The second-order valence-corrected chi connectivity index (χ2v) is 3.67. The number of aliphatic imine (C=N–C) groups is 1. The van der Waals surface area contributed by atoms with E-state index >= 15 is 0 Å². The van der Waals surface area contributed by atoms with Crippen LogP contribution in [-0.2, 0) is 9.59 Å². The molecule has 0 spiro atoms. The van der Waals surface area contributed by atoms with Gasteiger partial charge < -0.3 is 15.7 Å². The number of hydrogen-bond donors (Lipinski definition) is 2. The Bertz CT molecular complexity index is 360. The number of aliphatic hydroxyl groups excluding tert-OH is 1. The van der Waals surface area contributed by atoms with Crippen LogP contribution in [0.4, 0.5) is 0 Å². The average Bonchev–Trinajstić information content (AvgIpc) is 2.26. The molecular weight excluding hydrogens is 234 g/mol. The van der Waals surface area contributed by atoms with Crippen LogP contribution in [0.1, 0.15) is 13.8 Å². The van der Waals surface area contributed by atoms with Crippen molar-refractivity contribution in [1.29, 1.82) is 0 Å². The second kappa shape index (κ2) is 9.12. The fraction of sp³-hybridized carbons (Fsp3) is 0.417. The molecule has 6 nitrogen and oxygen atoms in total. The van der Waals surface area contributed by atoms with Gasteiger partial charge in [-0.3, -0.25) is 14.6 Å².